The molecule has 2 fully saturated rings. The van der Waals surface area contributed by atoms with E-state index in [1.54, 1.807) is 5.57 Å². The molecule has 2 unspecified atom stereocenters. The van der Waals surface area contributed by atoms with E-state index in [9.17, 15) is 4.79 Å². The Morgan fingerprint density at radius 1 is 1.10 bits per heavy atom. The first-order valence-corrected chi connectivity index (χ1v) is 11.4. The quantitative estimate of drug-likeness (QED) is 0.460. The molecule has 6 atom stereocenters. The van der Waals surface area contributed by atoms with Gasteiger partial charge < -0.3 is 4.74 Å². The summed E-state index contributed by atoms with van der Waals surface area (Å²) in [6.07, 6.45) is 17.1. The van der Waals surface area contributed by atoms with Crippen LogP contribution in [-0.2, 0) is 9.53 Å². The molecule has 1 aromatic rings. The Hall–Kier alpha value is -1.90. The molecule has 0 bridgehead atoms. The molecule has 4 aliphatic rings. The van der Waals surface area contributed by atoms with Crippen LogP contribution in [0.2, 0.25) is 0 Å². The zero-order valence-electron chi connectivity index (χ0n) is 18.0. The summed E-state index contributed by atoms with van der Waals surface area (Å²) in [6.45, 7) is 6.56. The minimum Gasteiger partial charge on any atom is -0.462 e. The highest BCUT2D eigenvalue weighted by Gasteiger charge is 2.56. The first-order chi connectivity index (χ1) is 13.9. The maximum Gasteiger partial charge on any atom is 0.302 e. The van der Waals surface area contributed by atoms with Crippen LogP contribution in [0, 0.1) is 28.6 Å². The Morgan fingerprint density at radius 2 is 1.93 bits per heavy atom. The van der Waals surface area contributed by atoms with Crippen molar-refractivity contribution in [2.75, 3.05) is 0 Å². The van der Waals surface area contributed by atoms with Gasteiger partial charge in [0, 0.05) is 25.7 Å². The summed E-state index contributed by atoms with van der Waals surface area (Å²) < 4.78 is 5.58. The van der Waals surface area contributed by atoms with E-state index >= 15 is 0 Å². The molecule has 1 aromatic heterocycles. The summed E-state index contributed by atoms with van der Waals surface area (Å²) in [5.74, 6) is 2.12. The third kappa shape index (κ3) is 2.92. The lowest BCUT2D eigenvalue weighted by atomic mass is 9.47. The summed E-state index contributed by atoms with van der Waals surface area (Å²) >= 11 is 0. The Balaban J connectivity index is 1.41. The second kappa shape index (κ2) is 6.82. The minimum absolute atomic E-state index is 0.0857. The summed E-state index contributed by atoms with van der Waals surface area (Å²) in [4.78, 5) is 15.8. The van der Waals surface area contributed by atoms with Crippen molar-refractivity contribution in [2.45, 2.75) is 71.8 Å². The lowest BCUT2D eigenvalue weighted by molar-refractivity contribution is -0.148. The molecule has 0 amide bonds. The van der Waals surface area contributed by atoms with Crippen LogP contribution in [0.5, 0.6) is 0 Å². The molecule has 154 valence electrons. The van der Waals surface area contributed by atoms with E-state index in [1.165, 1.54) is 43.7 Å². The number of nitrogens with zero attached hydrogens (tertiary/aromatic N) is 1. The van der Waals surface area contributed by atoms with Crippen molar-refractivity contribution in [3.05, 3.63) is 47.8 Å². The Kier molecular flexibility index (Phi) is 4.49. The Labute approximate surface area is 174 Å². The minimum atomic E-state index is -0.138. The predicted octanol–water partition coefficient (Wildman–Crippen LogP) is 5.97. The molecule has 0 saturated heterocycles. The zero-order valence-corrected chi connectivity index (χ0v) is 18.0. The lowest BCUT2D eigenvalue weighted by Gasteiger charge is -2.57. The molecule has 0 spiro atoms. The van der Waals surface area contributed by atoms with Crippen LogP contribution in [0.15, 0.2) is 42.3 Å². The number of allylic oxidation sites excluding steroid dienone is 3. The van der Waals surface area contributed by atoms with Crippen LogP contribution >= 0.6 is 0 Å². The molecule has 1 heterocycles. The smallest absolute Gasteiger partial charge is 0.302 e. The molecular weight excluding hydrogens is 358 g/mol. The van der Waals surface area contributed by atoms with Gasteiger partial charge >= 0.3 is 5.97 Å². The van der Waals surface area contributed by atoms with Crippen molar-refractivity contribution in [3.8, 4) is 0 Å². The number of hydrogen-bond acceptors (Lipinski definition) is 3. The van der Waals surface area contributed by atoms with Gasteiger partial charge in [0.2, 0.25) is 0 Å². The zero-order chi connectivity index (χ0) is 20.2. The summed E-state index contributed by atoms with van der Waals surface area (Å²) in [6, 6.07) is 4.30. The van der Waals surface area contributed by atoms with Crippen LogP contribution in [0.3, 0.4) is 0 Å². The molecule has 0 aromatic carbocycles. The average Bonchev–Trinajstić information content (AvgIpc) is 3.06. The van der Waals surface area contributed by atoms with E-state index in [2.05, 4.69) is 43.1 Å². The molecule has 0 N–H and O–H groups in total. The number of rotatable bonds is 2. The highest BCUT2D eigenvalue weighted by atomic mass is 16.5. The van der Waals surface area contributed by atoms with Gasteiger partial charge in [-0.2, -0.15) is 0 Å². The van der Waals surface area contributed by atoms with Crippen molar-refractivity contribution in [3.63, 3.8) is 0 Å². The van der Waals surface area contributed by atoms with Gasteiger partial charge in [0.05, 0.1) is 0 Å². The van der Waals surface area contributed by atoms with Gasteiger partial charge in [-0.05, 0) is 84.3 Å². The van der Waals surface area contributed by atoms with Gasteiger partial charge in [-0.1, -0.05) is 37.6 Å². The average molecular weight is 392 g/mol. The predicted molar refractivity (Wildman–Crippen MR) is 115 cm³/mol. The molecule has 0 radical (unpaired) electrons. The highest BCUT2D eigenvalue weighted by molar-refractivity contribution is 5.72. The summed E-state index contributed by atoms with van der Waals surface area (Å²) in [7, 11) is 0. The number of ether oxygens (including phenoxy) is 1. The van der Waals surface area contributed by atoms with E-state index in [-0.39, 0.29) is 22.9 Å². The first-order valence-electron chi connectivity index (χ1n) is 11.4. The molecular formula is C26H33NO2. The van der Waals surface area contributed by atoms with Crippen molar-refractivity contribution >= 4 is 11.5 Å². The van der Waals surface area contributed by atoms with E-state index in [1.807, 2.05) is 12.4 Å². The van der Waals surface area contributed by atoms with Gasteiger partial charge in [-0.3, -0.25) is 9.78 Å². The van der Waals surface area contributed by atoms with Crippen LogP contribution in [0.4, 0.5) is 0 Å². The third-order valence-electron chi connectivity index (χ3n) is 8.94. The largest absolute Gasteiger partial charge is 0.462 e. The number of hydrogen-bond donors (Lipinski definition) is 0. The van der Waals surface area contributed by atoms with Crippen molar-refractivity contribution in [2.24, 2.45) is 28.6 Å². The fourth-order valence-corrected chi connectivity index (χ4v) is 7.50. The van der Waals surface area contributed by atoms with E-state index in [0.29, 0.717) is 0 Å². The fraction of sp³-hybridized carbons (Fsp3) is 0.615. The highest BCUT2D eigenvalue weighted by Crippen LogP contribution is 2.66. The third-order valence-corrected chi connectivity index (χ3v) is 8.94. The number of fused-ring (bicyclic) bond motifs is 5. The van der Waals surface area contributed by atoms with Gasteiger partial charge in [0.15, 0.2) is 0 Å². The molecule has 0 aliphatic heterocycles. The van der Waals surface area contributed by atoms with E-state index < -0.39 is 0 Å². The van der Waals surface area contributed by atoms with Gasteiger partial charge in [0.25, 0.3) is 0 Å². The second-order valence-electron chi connectivity index (χ2n) is 10.3. The molecule has 4 aliphatic carbocycles. The number of aromatic nitrogens is 1. The first kappa shape index (κ1) is 19.1. The van der Waals surface area contributed by atoms with E-state index in [0.717, 1.165) is 37.0 Å². The number of carbonyl (C=O) groups excluding carboxylic acids is 1. The van der Waals surface area contributed by atoms with Crippen LogP contribution < -0.4 is 0 Å². The number of carbonyl (C=O) groups is 1. The van der Waals surface area contributed by atoms with E-state index in [4.69, 9.17) is 4.74 Å². The van der Waals surface area contributed by atoms with Gasteiger partial charge in [-0.15, -0.1) is 0 Å². The maximum atomic E-state index is 11.4. The molecule has 2 saturated carbocycles. The van der Waals surface area contributed by atoms with Crippen molar-refractivity contribution < 1.29 is 9.53 Å². The molecule has 3 heteroatoms. The molecule has 29 heavy (non-hydrogen) atoms. The van der Waals surface area contributed by atoms with Crippen LogP contribution in [-0.4, -0.2) is 17.1 Å². The summed E-state index contributed by atoms with van der Waals surface area (Å²) in [5.41, 5.74) is 4.99. The summed E-state index contributed by atoms with van der Waals surface area (Å²) in [5, 5.41) is 0. The van der Waals surface area contributed by atoms with Gasteiger partial charge in [-0.25, -0.2) is 0 Å². The normalized spacial score (nSPS) is 40.8. The Bertz CT molecular complexity index is 872. The van der Waals surface area contributed by atoms with Crippen molar-refractivity contribution in [1.29, 1.82) is 0 Å². The van der Waals surface area contributed by atoms with Crippen molar-refractivity contribution in [1.82, 2.24) is 4.98 Å². The standard InChI is InChI=1S/C26H33NO2/c1-17(28)29-20-10-12-25(2)19(15-20)6-7-21-23-9-8-22(18-5-4-14-27-16-18)26(23,3)13-11-24(21)25/h4-6,8,14,16,20-21,23-24H,7,9-13,15H2,1-3H3/t20-,21?,23-,24?,25-,26+/m0/s1. The van der Waals surface area contributed by atoms with Crippen LogP contribution in [0.1, 0.15) is 71.3 Å². The molecule has 5 rings (SSSR count). The van der Waals surface area contributed by atoms with Crippen LogP contribution in [0.25, 0.3) is 5.57 Å². The SMILES string of the molecule is CC(=O)O[C@H]1CC[C@@]2(C)C(=CCC3C2CC[C@]2(C)C(c4cccnc4)=CC[C@@H]32)C1. The van der Waals surface area contributed by atoms with Gasteiger partial charge in [0.1, 0.15) is 6.10 Å². The topological polar surface area (TPSA) is 39.2 Å². The number of pyridine rings is 1. The fourth-order valence-electron chi connectivity index (χ4n) is 7.50. The Morgan fingerprint density at radius 3 is 2.69 bits per heavy atom. The monoisotopic (exact) mass is 391 g/mol. The lowest BCUT2D eigenvalue weighted by Crippen LogP contribution is -2.50. The maximum absolute atomic E-state index is 11.4. The molecule has 3 nitrogen and oxygen atoms in total. The number of esters is 1. The second-order valence-corrected chi connectivity index (χ2v) is 10.3.